The zero-order valence-electron chi connectivity index (χ0n) is 11.7. The van der Waals surface area contributed by atoms with Crippen LogP contribution in [-0.4, -0.2) is 39.5 Å². The topological polar surface area (TPSA) is 72.6 Å². The highest BCUT2D eigenvalue weighted by Gasteiger charge is 2.29. The molecule has 0 bridgehead atoms. The maximum atomic E-state index is 12.6. The standard InChI is InChI=1S/C13H18Cl2N2O3S/c1-17(8-9-2-4-20-5-3-9)21(18,19)13-11(14)6-10(16)7-12(13)15/h6-7,9H,2-5,8,16H2,1H3. The predicted molar refractivity (Wildman–Crippen MR) is 84.2 cm³/mol. The number of ether oxygens (including phenoxy) is 1. The summed E-state index contributed by atoms with van der Waals surface area (Å²) in [5, 5.41) is 0.0812. The van der Waals surface area contributed by atoms with Crippen LogP contribution in [-0.2, 0) is 14.8 Å². The van der Waals surface area contributed by atoms with Crippen molar-refractivity contribution in [2.24, 2.45) is 5.92 Å². The van der Waals surface area contributed by atoms with Crippen molar-refractivity contribution in [2.75, 3.05) is 32.5 Å². The predicted octanol–water partition coefficient (Wildman–Crippen LogP) is 2.62. The summed E-state index contributed by atoms with van der Waals surface area (Å²) in [5.41, 5.74) is 5.94. The maximum absolute atomic E-state index is 12.6. The van der Waals surface area contributed by atoms with Crippen LogP contribution < -0.4 is 5.73 Å². The third-order valence-electron chi connectivity index (χ3n) is 3.55. The molecule has 2 N–H and O–H groups in total. The minimum absolute atomic E-state index is 0.0406. The number of hydrogen-bond acceptors (Lipinski definition) is 4. The molecule has 0 aliphatic carbocycles. The number of nitrogen functional groups attached to an aromatic ring is 1. The van der Waals surface area contributed by atoms with Gasteiger partial charge < -0.3 is 10.5 Å². The maximum Gasteiger partial charge on any atom is 0.245 e. The molecule has 1 fully saturated rings. The Hall–Kier alpha value is -0.530. The van der Waals surface area contributed by atoms with E-state index < -0.39 is 10.0 Å². The summed E-state index contributed by atoms with van der Waals surface area (Å²) in [6.07, 6.45) is 1.70. The van der Waals surface area contributed by atoms with Crippen LogP contribution in [0.5, 0.6) is 0 Å². The first-order valence-electron chi connectivity index (χ1n) is 6.61. The van der Waals surface area contributed by atoms with E-state index >= 15 is 0 Å². The third-order valence-corrected chi connectivity index (χ3v) is 6.29. The van der Waals surface area contributed by atoms with Crippen molar-refractivity contribution < 1.29 is 13.2 Å². The van der Waals surface area contributed by atoms with Crippen LogP contribution in [0, 0.1) is 5.92 Å². The van der Waals surface area contributed by atoms with Crippen LogP contribution in [0.25, 0.3) is 0 Å². The molecule has 2 rings (SSSR count). The third kappa shape index (κ3) is 3.81. The van der Waals surface area contributed by atoms with Gasteiger partial charge in [-0.1, -0.05) is 23.2 Å². The first-order valence-corrected chi connectivity index (χ1v) is 8.80. The lowest BCUT2D eigenvalue weighted by Gasteiger charge is -2.27. The molecule has 1 heterocycles. The number of nitrogens with two attached hydrogens (primary N) is 1. The summed E-state index contributed by atoms with van der Waals surface area (Å²) < 4.78 is 31.9. The quantitative estimate of drug-likeness (QED) is 0.845. The average Bonchev–Trinajstić information content (AvgIpc) is 2.38. The fourth-order valence-corrected chi connectivity index (χ4v) is 4.79. The van der Waals surface area contributed by atoms with Gasteiger partial charge in [-0.05, 0) is 30.9 Å². The van der Waals surface area contributed by atoms with Crippen LogP contribution in [0.2, 0.25) is 10.0 Å². The second-order valence-electron chi connectivity index (χ2n) is 5.15. The molecule has 1 saturated heterocycles. The van der Waals surface area contributed by atoms with E-state index in [1.165, 1.54) is 23.5 Å². The Labute approximate surface area is 135 Å². The molecule has 118 valence electrons. The number of rotatable bonds is 4. The Kier molecular flexibility index (Phi) is 5.38. The molecule has 21 heavy (non-hydrogen) atoms. The molecule has 1 aliphatic rings. The largest absolute Gasteiger partial charge is 0.399 e. The molecular formula is C13H18Cl2N2O3S. The molecule has 8 heteroatoms. The summed E-state index contributed by atoms with van der Waals surface area (Å²) >= 11 is 12.0. The monoisotopic (exact) mass is 352 g/mol. The van der Waals surface area contributed by atoms with Crippen molar-refractivity contribution in [3.63, 3.8) is 0 Å². The van der Waals surface area contributed by atoms with Gasteiger partial charge in [0.15, 0.2) is 0 Å². The molecule has 1 aliphatic heterocycles. The zero-order chi connectivity index (χ0) is 15.6. The molecule has 0 radical (unpaired) electrons. The molecule has 1 aromatic carbocycles. The second kappa shape index (κ2) is 6.71. The molecule has 1 aromatic rings. The van der Waals surface area contributed by atoms with Crippen molar-refractivity contribution in [2.45, 2.75) is 17.7 Å². The van der Waals surface area contributed by atoms with E-state index in [1.807, 2.05) is 0 Å². The van der Waals surface area contributed by atoms with Gasteiger partial charge in [-0.15, -0.1) is 0 Å². The van der Waals surface area contributed by atoms with Crippen molar-refractivity contribution in [1.82, 2.24) is 4.31 Å². The van der Waals surface area contributed by atoms with E-state index in [1.54, 1.807) is 0 Å². The normalized spacial score (nSPS) is 17.3. The van der Waals surface area contributed by atoms with Gasteiger partial charge in [0.05, 0.1) is 10.0 Å². The second-order valence-corrected chi connectivity index (χ2v) is 7.95. The average molecular weight is 353 g/mol. The highest BCUT2D eigenvalue weighted by atomic mass is 35.5. The van der Waals surface area contributed by atoms with Gasteiger partial charge in [0.25, 0.3) is 0 Å². The molecule has 0 saturated carbocycles. The van der Waals surface area contributed by atoms with Crippen LogP contribution in [0.3, 0.4) is 0 Å². The Morgan fingerprint density at radius 3 is 2.33 bits per heavy atom. The molecule has 0 aromatic heterocycles. The van der Waals surface area contributed by atoms with Crippen molar-refractivity contribution in [3.8, 4) is 0 Å². The Balaban J connectivity index is 2.24. The molecule has 0 amide bonds. The van der Waals surface area contributed by atoms with Gasteiger partial charge in [-0.2, -0.15) is 0 Å². The molecule has 5 nitrogen and oxygen atoms in total. The minimum Gasteiger partial charge on any atom is -0.399 e. The van der Waals surface area contributed by atoms with Crippen LogP contribution >= 0.6 is 23.2 Å². The van der Waals surface area contributed by atoms with Gasteiger partial charge >= 0.3 is 0 Å². The first kappa shape index (κ1) is 16.8. The van der Waals surface area contributed by atoms with Gasteiger partial charge in [0.2, 0.25) is 10.0 Å². The van der Waals surface area contributed by atoms with E-state index in [0.717, 1.165) is 12.8 Å². The lowest BCUT2D eigenvalue weighted by molar-refractivity contribution is 0.0620. The van der Waals surface area contributed by atoms with Crippen LogP contribution in [0.4, 0.5) is 5.69 Å². The number of nitrogens with zero attached hydrogens (tertiary/aromatic N) is 1. The van der Waals surface area contributed by atoms with E-state index in [2.05, 4.69) is 0 Å². The van der Waals surface area contributed by atoms with Crippen molar-refractivity contribution in [3.05, 3.63) is 22.2 Å². The number of sulfonamides is 1. The van der Waals surface area contributed by atoms with Gasteiger partial charge in [0, 0.05) is 32.5 Å². The van der Waals surface area contributed by atoms with E-state index in [9.17, 15) is 8.42 Å². The first-order chi connectivity index (χ1) is 9.82. The minimum atomic E-state index is -3.74. The van der Waals surface area contributed by atoms with Crippen molar-refractivity contribution in [1.29, 1.82) is 0 Å². The van der Waals surface area contributed by atoms with Crippen LogP contribution in [0.1, 0.15) is 12.8 Å². The number of benzene rings is 1. The van der Waals surface area contributed by atoms with Crippen LogP contribution in [0.15, 0.2) is 17.0 Å². The smallest absolute Gasteiger partial charge is 0.245 e. The fraction of sp³-hybridized carbons (Fsp3) is 0.538. The van der Waals surface area contributed by atoms with E-state index in [4.69, 9.17) is 33.7 Å². The summed E-state index contributed by atoms with van der Waals surface area (Å²) in [6.45, 7) is 1.76. The fourth-order valence-electron chi connectivity index (χ4n) is 2.37. The summed E-state index contributed by atoms with van der Waals surface area (Å²) in [4.78, 5) is -0.0883. The Morgan fingerprint density at radius 2 is 1.81 bits per heavy atom. The molecule has 0 unspecified atom stereocenters. The molecule has 0 spiro atoms. The number of anilines is 1. The summed E-state index contributed by atoms with van der Waals surface area (Å²) in [7, 11) is -2.21. The van der Waals surface area contributed by atoms with Gasteiger partial charge in [-0.3, -0.25) is 0 Å². The number of hydrogen-bond donors (Lipinski definition) is 1. The van der Waals surface area contributed by atoms with Gasteiger partial charge in [0.1, 0.15) is 4.90 Å². The highest BCUT2D eigenvalue weighted by molar-refractivity contribution is 7.89. The van der Waals surface area contributed by atoms with Crippen molar-refractivity contribution >= 4 is 38.9 Å². The van der Waals surface area contributed by atoms with E-state index in [-0.39, 0.29) is 20.9 Å². The SMILES string of the molecule is CN(CC1CCOCC1)S(=O)(=O)c1c(Cl)cc(N)cc1Cl. The number of halogens is 2. The lowest BCUT2D eigenvalue weighted by atomic mass is 10.0. The lowest BCUT2D eigenvalue weighted by Crippen LogP contribution is -2.34. The zero-order valence-corrected chi connectivity index (χ0v) is 14.0. The Morgan fingerprint density at radius 1 is 1.29 bits per heavy atom. The highest BCUT2D eigenvalue weighted by Crippen LogP contribution is 2.34. The summed E-state index contributed by atoms with van der Waals surface area (Å²) in [6, 6.07) is 2.78. The van der Waals surface area contributed by atoms with Gasteiger partial charge in [-0.25, -0.2) is 12.7 Å². The van der Waals surface area contributed by atoms with E-state index in [0.29, 0.717) is 25.4 Å². The molecule has 0 atom stereocenters. The Bertz CT molecular complexity index is 593. The summed E-state index contributed by atoms with van der Waals surface area (Å²) in [5.74, 6) is 0.282. The molecular weight excluding hydrogens is 335 g/mol.